The van der Waals surface area contributed by atoms with E-state index >= 15 is 0 Å². The molecule has 0 amide bonds. The highest BCUT2D eigenvalue weighted by molar-refractivity contribution is 7.93. The van der Waals surface area contributed by atoms with Crippen molar-refractivity contribution in [3.8, 4) is 18.2 Å². The molecule has 0 radical (unpaired) electrons. The van der Waals surface area contributed by atoms with Gasteiger partial charge in [0, 0.05) is 29.4 Å². The van der Waals surface area contributed by atoms with Gasteiger partial charge >= 0.3 is 0 Å². The third-order valence-corrected chi connectivity index (χ3v) is 6.17. The molecule has 0 aliphatic rings. The van der Waals surface area contributed by atoms with Gasteiger partial charge in [0.25, 0.3) is 10.0 Å². The Morgan fingerprint density at radius 3 is 2.94 bits per heavy atom. The van der Waals surface area contributed by atoms with Gasteiger partial charge in [0.2, 0.25) is 5.88 Å². The predicted molar refractivity (Wildman–Crippen MR) is 115 cm³/mol. The molecule has 0 bridgehead atoms. The standard InChI is InChI=1S/C21H15N5O5S/c1-3-13-5-6-17(19-15(13)7-10-30-19)32(27,28)25-20-18-16(31-24-20)11-14(23-21(18)29-2)12-26-9-4-8-22-26/h1,4-11H,12H2,2H3,(H,24,25). The van der Waals surface area contributed by atoms with Crippen LogP contribution in [-0.4, -0.2) is 35.4 Å². The monoisotopic (exact) mass is 449 g/mol. The quantitative estimate of drug-likeness (QED) is 0.392. The van der Waals surface area contributed by atoms with E-state index in [1.54, 1.807) is 35.3 Å². The number of benzene rings is 1. The van der Waals surface area contributed by atoms with E-state index in [-0.39, 0.29) is 27.6 Å². The Kier molecular flexibility index (Phi) is 4.57. The Morgan fingerprint density at radius 1 is 1.31 bits per heavy atom. The number of nitrogens with zero attached hydrogens (tertiary/aromatic N) is 4. The van der Waals surface area contributed by atoms with Crippen molar-refractivity contribution < 1.29 is 22.1 Å². The third kappa shape index (κ3) is 3.23. The number of methoxy groups -OCH3 is 1. The van der Waals surface area contributed by atoms with Crippen molar-refractivity contribution in [3.05, 3.63) is 60.2 Å². The lowest BCUT2D eigenvalue weighted by Crippen LogP contribution is -2.14. The first kappa shape index (κ1) is 19.7. The summed E-state index contributed by atoms with van der Waals surface area (Å²) in [6.45, 7) is 0.374. The first-order valence-corrected chi connectivity index (χ1v) is 10.8. The molecule has 1 N–H and O–H groups in total. The molecule has 0 saturated carbocycles. The van der Waals surface area contributed by atoms with E-state index in [0.717, 1.165) is 0 Å². The van der Waals surface area contributed by atoms with E-state index in [4.69, 9.17) is 20.1 Å². The third-order valence-electron chi connectivity index (χ3n) is 4.81. The van der Waals surface area contributed by atoms with Crippen molar-refractivity contribution in [2.45, 2.75) is 11.4 Å². The minimum atomic E-state index is -4.10. The van der Waals surface area contributed by atoms with Crippen LogP contribution in [0.1, 0.15) is 11.3 Å². The fourth-order valence-corrected chi connectivity index (χ4v) is 4.55. The largest absolute Gasteiger partial charge is 0.480 e. The van der Waals surface area contributed by atoms with Crippen molar-refractivity contribution in [2.75, 3.05) is 11.8 Å². The Bertz CT molecular complexity index is 1590. The highest BCUT2D eigenvalue weighted by atomic mass is 32.2. The first-order chi connectivity index (χ1) is 15.5. The normalized spacial score (nSPS) is 11.6. The molecular formula is C21H15N5O5S. The first-order valence-electron chi connectivity index (χ1n) is 9.30. The number of hydrogen-bond acceptors (Lipinski definition) is 8. The predicted octanol–water partition coefficient (Wildman–Crippen LogP) is 3.00. The van der Waals surface area contributed by atoms with Crippen molar-refractivity contribution in [1.29, 1.82) is 0 Å². The number of fused-ring (bicyclic) bond motifs is 2. The summed E-state index contributed by atoms with van der Waals surface area (Å²) in [5.41, 5.74) is 1.58. The molecule has 0 aliphatic carbocycles. The number of furan rings is 1. The van der Waals surface area contributed by atoms with Crippen LogP contribution in [0.15, 0.2) is 62.8 Å². The Labute approximate surface area is 181 Å². The molecule has 0 unspecified atom stereocenters. The number of anilines is 1. The summed E-state index contributed by atoms with van der Waals surface area (Å²) < 4.78 is 46.6. The molecule has 32 heavy (non-hydrogen) atoms. The number of sulfonamides is 1. The molecule has 11 heteroatoms. The van der Waals surface area contributed by atoms with Gasteiger partial charge in [-0.3, -0.25) is 9.40 Å². The zero-order valence-electron chi connectivity index (χ0n) is 16.6. The van der Waals surface area contributed by atoms with Crippen molar-refractivity contribution in [2.24, 2.45) is 0 Å². The average Bonchev–Trinajstić information content (AvgIpc) is 3.54. The fraction of sp³-hybridized carbons (Fsp3) is 0.0952. The highest BCUT2D eigenvalue weighted by Crippen LogP contribution is 2.34. The van der Waals surface area contributed by atoms with E-state index in [1.165, 1.54) is 25.5 Å². The van der Waals surface area contributed by atoms with Crippen LogP contribution in [0.4, 0.5) is 5.82 Å². The summed E-state index contributed by atoms with van der Waals surface area (Å²) in [5, 5.41) is 8.83. The lowest BCUT2D eigenvalue weighted by molar-refractivity contribution is 0.400. The molecule has 0 saturated heterocycles. The number of aromatic nitrogens is 4. The number of nitrogens with one attached hydrogen (secondary N) is 1. The van der Waals surface area contributed by atoms with Crippen molar-refractivity contribution in [1.82, 2.24) is 19.9 Å². The minimum absolute atomic E-state index is 0.0595. The fourth-order valence-electron chi connectivity index (χ4n) is 3.39. The van der Waals surface area contributed by atoms with Gasteiger partial charge in [0.05, 0.1) is 25.6 Å². The van der Waals surface area contributed by atoms with Gasteiger partial charge in [0.15, 0.2) is 17.0 Å². The van der Waals surface area contributed by atoms with Crippen LogP contribution in [-0.2, 0) is 16.6 Å². The van der Waals surface area contributed by atoms with E-state index in [2.05, 4.69) is 25.9 Å². The molecule has 1 aromatic carbocycles. The molecule has 0 spiro atoms. The number of ether oxygens (including phenoxy) is 1. The minimum Gasteiger partial charge on any atom is -0.480 e. The van der Waals surface area contributed by atoms with Gasteiger partial charge in [0.1, 0.15) is 10.3 Å². The summed E-state index contributed by atoms with van der Waals surface area (Å²) in [6.07, 6.45) is 10.3. The van der Waals surface area contributed by atoms with Gasteiger partial charge < -0.3 is 13.7 Å². The van der Waals surface area contributed by atoms with E-state index in [9.17, 15) is 8.42 Å². The summed E-state index contributed by atoms with van der Waals surface area (Å²) in [6, 6.07) is 7.98. The molecule has 4 heterocycles. The molecule has 4 aromatic heterocycles. The molecule has 160 valence electrons. The molecule has 10 nitrogen and oxygen atoms in total. The summed E-state index contributed by atoms with van der Waals surface area (Å²) in [5.74, 6) is 2.61. The molecule has 5 rings (SSSR count). The van der Waals surface area contributed by atoms with Crippen LogP contribution in [0.2, 0.25) is 0 Å². The Balaban J connectivity index is 1.56. The zero-order valence-corrected chi connectivity index (χ0v) is 17.5. The van der Waals surface area contributed by atoms with E-state index in [1.807, 2.05) is 0 Å². The van der Waals surface area contributed by atoms with Crippen molar-refractivity contribution in [3.63, 3.8) is 0 Å². The lowest BCUT2D eigenvalue weighted by atomic mass is 10.1. The van der Waals surface area contributed by atoms with Gasteiger partial charge in [-0.15, -0.1) is 6.42 Å². The smallest absolute Gasteiger partial charge is 0.266 e. The lowest BCUT2D eigenvalue weighted by Gasteiger charge is -2.09. The SMILES string of the molecule is C#Cc1ccc(S(=O)(=O)Nc2noc3cc(Cn4cccn4)nc(OC)c23)c2occc12. The molecular weight excluding hydrogens is 434 g/mol. The van der Waals surface area contributed by atoms with Crippen LogP contribution < -0.4 is 9.46 Å². The highest BCUT2D eigenvalue weighted by Gasteiger charge is 2.25. The van der Waals surface area contributed by atoms with Gasteiger partial charge in [-0.25, -0.2) is 13.4 Å². The second-order valence-electron chi connectivity index (χ2n) is 6.76. The van der Waals surface area contributed by atoms with Crippen LogP contribution in [0, 0.1) is 12.3 Å². The zero-order chi connectivity index (χ0) is 22.3. The maximum Gasteiger partial charge on any atom is 0.266 e. The maximum atomic E-state index is 13.2. The van der Waals surface area contributed by atoms with Gasteiger partial charge in [-0.05, 0) is 24.3 Å². The number of terminal acetylenes is 1. The molecule has 0 aliphatic heterocycles. The number of pyridine rings is 1. The Hall–Kier alpha value is -4.30. The van der Waals surface area contributed by atoms with Crippen LogP contribution in [0.3, 0.4) is 0 Å². The van der Waals surface area contributed by atoms with E-state index < -0.39 is 10.0 Å². The average molecular weight is 449 g/mol. The van der Waals surface area contributed by atoms with Gasteiger partial charge in [-0.1, -0.05) is 11.1 Å². The second-order valence-corrected chi connectivity index (χ2v) is 8.41. The number of rotatable bonds is 6. The Morgan fingerprint density at radius 2 is 2.19 bits per heavy atom. The van der Waals surface area contributed by atoms with Crippen molar-refractivity contribution >= 4 is 37.8 Å². The molecule has 0 fully saturated rings. The topological polar surface area (TPSA) is 125 Å². The van der Waals surface area contributed by atoms with Gasteiger partial charge in [-0.2, -0.15) is 5.10 Å². The second kappa shape index (κ2) is 7.44. The summed E-state index contributed by atoms with van der Waals surface area (Å²) >= 11 is 0. The van der Waals surface area contributed by atoms with E-state index in [0.29, 0.717) is 28.8 Å². The molecule has 5 aromatic rings. The number of hydrogen-bond donors (Lipinski definition) is 1. The maximum absolute atomic E-state index is 13.2. The summed E-state index contributed by atoms with van der Waals surface area (Å²) in [4.78, 5) is 4.35. The van der Waals surface area contributed by atoms with Crippen LogP contribution >= 0.6 is 0 Å². The van der Waals surface area contributed by atoms with Crippen LogP contribution in [0.5, 0.6) is 5.88 Å². The summed E-state index contributed by atoms with van der Waals surface area (Å²) in [7, 11) is -2.68. The van der Waals surface area contributed by atoms with Crippen LogP contribution in [0.25, 0.3) is 21.9 Å². The molecule has 0 atom stereocenters.